The largest absolute Gasteiger partial charge is 0.416 e. The highest BCUT2D eigenvalue weighted by molar-refractivity contribution is 7.89. The van der Waals surface area contributed by atoms with Crippen LogP contribution in [0.15, 0.2) is 89.6 Å². The molecule has 2 aromatic carbocycles. The molecule has 2 N–H and O–H groups in total. The molecule has 0 saturated heterocycles. The fraction of sp³-hybridized carbons (Fsp3) is 0.240. The molecule has 1 aliphatic heterocycles. The van der Waals surface area contributed by atoms with Crippen LogP contribution in [0.4, 0.5) is 19.0 Å². The van der Waals surface area contributed by atoms with Gasteiger partial charge in [0.15, 0.2) is 0 Å². The van der Waals surface area contributed by atoms with Gasteiger partial charge in [-0.3, -0.25) is 10.3 Å². The third kappa shape index (κ3) is 6.62. The van der Waals surface area contributed by atoms with E-state index < -0.39 is 21.8 Å². The summed E-state index contributed by atoms with van der Waals surface area (Å²) in [6, 6.07) is 17.8. The highest BCUT2D eigenvalue weighted by Crippen LogP contribution is 2.29. The number of nitrogens with zero attached hydrogens (tertiary/aromatic N) is 2. The molecule has 0 unspecified atom stereocenters. The minimum atomic E-state index is -4.42. The zero-order valence-electron chi connectivity index (χ0n) is 19.2. The summed E-state index contributed by atoms with van der Waals surface area (Å²) < 4.78 is 65.8. The van der Waals surface area contributed by atoms with Crippen molar-refractivity contribution in [2.75, 3.05) is 18.4 Å². The fourth-order valence-corrected chi connectivity index (χ4v) is 4.91. The maximum absolute atomic E-state index is 13.0. The van der Waals surface area contributed by atoms with Gasteiger partial charge in [0.05, 0.1) is 12.2 Å². The first-order valence-corrected chi connectivity index (χ1v) is 12.6. The van der Waals surface area contributed by atoms with Gasteiger partial charge < -0.3 is 5.32 Å². The SMILES string of the molecule is O=S(=O)(c1ccc(NCc2ccccc2)nc1)N1CC=C(NOCc2cccc(C(F)(F)F)c2)CC1. The van der Waals surface area contributed by atoms with Crippen molar-refractivity contribution in [2.24, 2.45) is 0 Å². The second-order valence-electron chi connectivity index (χ2n) is 8.15. The number of sulfonamides is 1. The molecule has 1 aromatic heterocycles. The summed E-state index contributed by atoms with van der Waals surface area (Å²) in [5.41, 5.74) is 4.08. The first-order chi connectivity index (χ1) is 17.2. The van der Waals surface area contributed by atoms with Crippen molar-refractivity contribution in [3.05, 3.63) is 101 Å². The van der Waals surface area contributed by atoms with E-state index in [1.165, 1.54) is 28.7 Å². The number of hydrogen-bond acceptors (Lipinski definition) is 6. The molecule has 7 nitrogen and oxygen atoms in total. The number of hydroxylamine groups is 1. The van der Waals surface area contributed by atoms with Gasteiger partial charge in [-0.2, -0.15) is 17.5 Å². The maximum Gasteiger partial charge on any atom is 0.416 e. The predicted octanol–water partition coefficient (Wildman–Crippen LogP) is 4.71. The van der Waals surface area contributed by atoms with E-state index in [1.807, 2.05) is 30.3 Å². The molecule has 0 aliphatic carbocycles. The molecule has 4 rings (SSSR count). The normalized spacial score (nSPS) is 14.8. The summed E-state index contributed by atoms with van der Waals surface area (Å²) >= 11 is 0. The highest BCUT2D eigenvalue weighted by Gasteiger charge is 2.30. The lowest BCUT2D eigenvalue weighted by Gasteiger charge is -2.26. The summed E-state index contributed by atoms with van der Waals surface area (Å²) in [7, 11) is -3.73. The molecule has 190 valence electrons. The zero-order chi connectivity index (χ0) is 25.6. The van der Waals surface area contributed by atoms with Crippen molar-refractivity contribution in [1.82, 2.24) is 14.8 Å². The molecule has 0 spiro atoms. The van der Waals surface area contributed by atoms with Crippen LogP contribution in [0.5, 0.6) is 0 Å². The quantitative estimate of drug-likeness (QED) is 0.399. The average Bonchev–Trinajstić information content (AvgIpc) is 2.88. The molecule has 0 fully saturated rings. The van der Waals surface area contributed by atoms with E-state index in [1.54, 1.807) is 12.1 Å². The number of hydrogen-bond donors (Lipinski definition) is 2. The molecule has 11 heteroatoms. The molecule has 0 amide bonds. The predicted molar refractivity (Wildman–Crippen MR) is 129 cm³/mol. The molecule has 0 bridgehead atoms. The van der Waals surface area contributed by atoms with Crippen LogP contribution >= 0.6 is 0 Å². The third-order valence-corrected chi connectivity index (χ3v) is 7.41. The second-order valence-corrected chi connectivity index (χ2v) is 10.1. The number of anilines is 1. The maximum atomic E-state index is 13.0. The van der Waals surface area contributed by atoms with Gasteiger partial charge >= 0.3 is 6.18 Å². The number of benzene rings is 2. The van der Waals surface area contributed by atoms with Crippen LogP contribution in [0.3, 0.4) is 0 Å². The Kier molecular flexibility index (Phi) is 7.92. The summed E-state index contributed by atoms with van der Waals surface area (Å²) in [6.07, 6.45) is -1.04. The van der Waals surface area contributed by atoms with Gasteiger partial charge in [-0.15, -0.1) is 0 Å². The second kappa shape index (κ2) is 11.1. The summed E-state index contributed by atoms with van der Waals surface area (Å²) in [5, 5.41) is 3.16. The number of halogens is 3. The molecule has 0 atom stereocenters. The minimum absolute atomic E-state index is 0.0698. The van der Waals surface area contributed by atoms with E-state index in [-0.39, 0.29) is 24.6 Å². The van der Waals surface area contributed by atoms with E-state index in [0.29, 0.717) is 30.0 Å². The van der Waals surface area contributed by atoms with Gasteiger partial charge in [0.25, 0.3) is 0 Å². The average molecular weight is 519 g/mol. The van der Waals surface area contributed by atoms with Crippen LogP contribution in [-0.2, 0) is 34.2 Å². The van der Waals surface area contributed by atoms with Crippen molar-refractivity contribution in [3.63, 3.8) is 0 Å². The first-order valence-electron chi connectivity index (χ1n) is 11.2. The Labute approximate surface area is 207 Å². The molecule has 0 radical (unpaired) electrons. The molecule has 0 saturated carbocycles. The van der Waals surface area contributed by atoms with Crippen LogP contribution in [0, 0.1) is 0 Å². The number of rotatable bonds is 9. The monoisotopic (exact) mass is 518 g/mol. The molecular weight excluding hydrogens is 493 g/mol. The van der Waals surface area contributed by atoms with E-state index in [2.05, 4.69) is 15.8 Å². The standard InChI is InChI=1S/C25H25F3N4O3S/c26-25(27,28)21-8-4-7-20(15-21)18-35-31-22-11-13-32(14-12-22)36(33,34)23-9-10-24(30-17-23)29-16-19-5-2-1-3-6-19/h1-11,15,17,31H,12-14,16,18H2,(H,29,30). The van der Waals surface area contributed by atoms with E-state index in [4.69, 9.17) is 4.84 Å². The fourth-order valence-electron chi connectivity index (χ4n) is 3.59. The minimum Gasteiger partial charge on any atom is -0.366 e. The van der Waals surface area contributed by atoms with Gasteiger partial charge in [-0.1, -0.05) is 42.5 Å². The zero-order valence-corrected chi connectivity index (χ0v) is 20.0. The number of alkyl halides is 3. The first kappa shape index (κ1) is 25.7. The topological polar surface area (TPSA) is 83.6 Å². The van der Waals surface area contributed by atoms with Gasteiger partial charge in [0.2, 0.25) is 10.0 Å². The molecule has 3 aromatic rings. The summed E-state index contributed by atoms with van der Waals surface area (Å²) in [6.45, 7) is 0.857. The Morgan fingerprint density at radius 2 is 1.78 bits per heavy atom. The Bertz CT molecular complexity index is 1300. The van der Waals surface area contributed by atoms with Crippen LogP contribution in [0.1, 0.15) is 23.1 Å². The van der Waals surface area contributed by atoms with Gasteiger partial charge in [0.1, 0.15) is 10.7 Å². The van der Waals surface area contributed by atoms with Gasteiger partial charge in [-0.05, 0) is 41.5 Å². The Morgan fingerprint density at radius 1 is 1.00 bits per heavy atom. The van der Waals surface area contributed by atoms with Gasteiger partial charge in [0, 0.05) is 37.9 Å². The van der Waals surface area contributed by atoms with E-state index >= 15 is 0 Å². The Hall–Kier alpha value is -3.41. The van der Waals surface area contributed by atoms with Crippen molar-refractivity contribution < 1.29 is 26.4 Å². The van der Waals surface area contributed by atoms with Crippen molar-refractivity contribution in [1.29, 1.82) is 0 Å². The van der Waals surface area contributed by atoms with Crippen LogP contribution < -0.4 is 10.8 Å². The Morgan fingerprint density at radius 3 is 2.44 bits per heavy atom. The molecule has 2 heterocycles. The van der Waals surface area contributed by atoms with Crippen LogP contribution in [0.25, 0.3) is 0 Å². The number of nitrogens with one attached hydrogen (secondary N) is 2. The van der Waals surface area contributed by atoms with Crippen LogP contribution in [-0.4, -0.2) is 30.8 Å². The summed E-state index contributed by atoms with van der Waals surface area (Å²) in [5.74, 6) is 0.570. The van der Waals surface area contributed by atoms with Crippen molar-refractivity contribution in [3.8, 4) is 0 Å². The van der Waals surface area contributed by atoms with Gasteiger partial charge in [-0.25, -0.2) is 13.4 Å². The lowest BCUT2D eigenvalue weighted by Crippen LogP contribution is -2.36. The molecule has 36 heavy (non-hydrogen) atoms. The van der Waals surface area contributed by atoms with E-state index in [9.17, 15) is 21.6 Å². The van der Waals surface area contributed by atoms with Crippen LogP contribution in [0.2, 0.25) is 0 Å². The number of pyridine rings is 1. The lowest BCUT2D eigenvalue weighted by molar-refractivity contribution is -0.137. The smallest absolute Gasteiger partial charge is 0.366 e. The lowest BCUT2D eigenvalue weighted by atomic mass is 10.1. The third-order valence-electron chi connectivity index (χ3n) is 5.56. The highest BCUT2D eigenvalue weighted by atomic mass is 32.2. The van der Waals surface area contributed by atoms with Crippen molar-refractivity contribution >= 4 is 15.8 Å². The Balaban J connectivity index is 1.28. The van der Waals surface area contributed by atoms with Crippen molar-refractivity contribution in [2.45, 2.75) is 30.6 Å². The summed E-state index contributed by atoms with van der Waals surface area (Å²) in [4.78, 5) is 9.65. The van der Waals surface area contributed by atoms with E-state index in [0.717, 1.165) is 17.7 Å². The number of aromatic nitrogens is 1. The molecular formula is C25H25F3N4O3S. The molecule has 1 aliphatic rings.